The van der Waals surface area contributed by atoms with Crippen molar-refractivity contribution in [2.75, 3.05) is 0 Å². The van der Waals surface area contributed by atoms with Gasteiger partial charge in [-0.25, -0.2) is 0 Å². The summed E-state index contributed by atoms with van der Waals surface area (Å²) in [5.74, 6) is 0.847. The summed E-state index contributed by atoms with van der Waals surface area (Å²) in [5.41, 5.74) is 0. The van der Waals surface area contributed by atoms with Crippen LogP contribution in [0, 0.1) is 6.92 Å². The van der Waals surface area contributed by atoms with Crippen LogP contribution in [0.15, 0.2) is 30.3 Å². The molecule has 0 saturated heterocycles. The molecule has 0 bridgehead atoms. The molecule has 0 aromatic heterocycles. The summed E-state index contributed by atoms with van der Waals surface area (Å²) < 4.78 is 5.39. The monoisotopic (exact) mass is 177 g/mol. The number of para-hydroxylation sites is 1. The fourth-order valence-corrected chi connectivity index (χ4v) is 1.05. The van der Waals surface area contributed by atoms with E-state index in [9.17, 15) is 4.79 Å². The molecule has 0 saturated carbocycles. The third-order valence-electron chi connectivity index (χ3n) is 1.56. The van der Waals surface area contributed by atoms with Gasteiger partial charge < -0.3 is 4.74 Å². The number of rotatable bonds is 4. The molecule has 0 aliphatic rings. The first-order valence-corrected chi connectivity index (χ1v) is 4.22. The van der Waals surface area contributed by atoms with Crippen LogP contribution >= 0.6 is 0 Å². The van der Waals surface area contributed by atoms with Crippen molar-refractivity contribution in [1.82, 2.24) is 0 Å². The van der Waals surface area contributed by atoms with Gasteiger partial charge in [-0.15, -0.1) is 0 Å². The van der Waals surface area contributed by atoms with Crippen molar-refractivity contribution in [3.05, 3.63) is 37.3 Å². The van der Waals surface area contributed by atoms with Crippen LogP contribution in [0.2, 0.25) is 0 Å². The number of carbonyl (C=O) groups excluding carboxylic acids is 1. The van der Waals surface area contributed by atoms with Gasteiger partial charge in [0.25, 0.3) is 0 Å². The SMILES string of the molecule is [CH2]C(CC(C)=O)Oc1ccccc1. The molecule has 1 aromatic carbocycles. The van der Waals surface area contributed by atoms with Crippen molar-refractivity contribution in [2.24, 2.45) is 0 Å². The smallest absolute Gasteiger partial charge is 0.133 e. The maximum absolute atomic E-state index is 10.7. The molecule has 0 spiro atoms. The maximum Gasteiger partial charge on any atom is 0.133 e. The first kappa shape index (κ1) is 9.78. The molecule has 1 radical (unpaired) electrons. The summed E-state index contributed by atoms with van der Waals surface area (Å²) in [5, 5.41) is 0. The summed E-state index contributed by atoms with van der Waals surface area (Å²) in [7, 11) is 0. The Morgan fingerprint density at radius 2 is 2.08 bits per heavy atom. The summed E-state index contributed by atoms with van der Waals surface area (Å²) in [6.45, 7) is 5.26. The van der Waals surface area contributed by atoms with Crippen LogP contribution < -0.4 is 4.74 Å². The molecule has 1 rings (SSSR count). The molecule has 0 heterocycles. The Morgan fingerprint density at radius 3 is 2.62 bits per heavy atom. The molecule has 2 nitrogen and oxygen atoms in total. The molecule has 2 heteroatoms. The molecule has 13 heavy (non-hydrogen) atoms. The Labute approximate surface area is 78.5 Å². The van der Waals surface area contributed by atoms with E-state index in [0.717, 1.165) is 5.75 Å². The average Bonchev–Trinajstić information content (AvgIpc) is 2.04. The van der Waals surface area contributed by atoms with Crippen LogP contribution in [0.3, 0.4) is 0 Å². The van der Waals surface area contributed by atoms with E-state index in [-0.39, 0.29) is 11.9 Å². The van der Waals surface area contributed by atoms with E-state index < -0.39 is 0 Å². The standard InChI is InChI=1S/C11H13O2/c1-9(12)8-10(2)13-11-6-4-3-5-7-11/h3-7,10H,2,8H2,1H3. The van der Waals surface area contributed by atoms with E-state index in [1.807, 2.05) is 30.3 Å². The number of benzene rings is 1. The van der Waals surface area contributed by atoms with Gasteiger partial charge in [-0.3, -0.25) is 4.79 Å². The Morgan fingerprint density at radius 1 is 1.46 bits per heavy atom. The van der Waals surface area contributed by atoms with Crippen molar-refractivity contribution in [1.29, 1.82) is 0 Å². The van der Waals surface area contributed by atoms with E-state index >= 15 is 0 Å². The van der Waals surface area contributed by atoms with E-state index in [0.29, 0.717) is 6.42 Å². The van der Waals surface area contributed by atoms with Gasteiger partial charge in [0.2, 0.25) is 0 Å². The number of carbonyl (C=O) groups is 1. The number of ether oxygens (including phenoxy) is 1. The van der Waals surface area contributed by atoms with Crippen LogP contribution in [0.5, 0.6) is 5.75 Å². The summed E-state index contributed by atoms with van der Waals surface area (Å²) in [4.78, 5) is 10.7. The van der Waals surface area contributed by atoms with Gasteiger partial charge in [-0.2, -0.15) is 0 Å². The minimum absolute atomic E-state index is 0.0935. The van der Waals surface area contributed by atoms with Gasteiger partial charge >= 0.3 is 0 Å². The minimum atomic E-state index is -0.292. The van der Waals surface area contributed by atoms with Crippen LogP contribution in [-0.2, 0) is 4.79 Å². The topological polar surface area (TPSA) is 26.3 Å². The highest BCUT2D eigenvalue weighted by Gasteiger charge is 2.05. The van der Waals surface area contributed by atoms with Crippen LogP contribution in [0.1, 0.15) is 13.3 Å². The molecule has 0 aliphatic carbocycles. The largest absolute Gasteiger partial charge is 0.490 e. The Bertz CT molecular complexity index is 267. The van der Waals surface area contributed by atoms with Crippen molar-refractivity contribution in [3.8, 4) is 5.75 Å². The molecular formula is C11H13O2. The lowest BCUT2D eigenvalue weighted by Gasteiger charge is -2.12. The highest BCUT2D eigenvalue weighted by Crippen LogP contribution is 2.11. The normalized spacial score (nSPS) is 12.2. The fourth-order valence-electron chi connectivity index (χ4n) is 1.05. The molecular weight excluding hydrogens is 164 g/mol. The third-order valence-corrected chi connectivity index (χ3v) is 1.56. The predicted molar refractivity (Wildman–Crippen MR) is 51.5 cm³/mol. The fraction of sp³-hybridized carbons (Fsp3) is 0.273. The summed E-state index contributed by atoms with van der Waals surface area (Å²) >= 11 is 0. The zero-order valence-corrected chi connectivity index (χ0v) is 7.69. The first-order chi connectivity index (χ1) is 6.18. The summed E-state index contributed by atoms with van der Waals surface area (Å²) in [6, 6.07) is 9.37. The van der Waals surface area contributed by atoms with Crippen molar-refractivity contribution in [3.63, 3.8) is 0 Å². The van der Waals surface area contributed by atoms with E-state index in [1.54, 1.807) is 0 Å². The molecule has 0 aliphatic heterocycles. The molecule has 1 atom stereocenters. The molecule has 0 amide bonds. The third kappa shape index (κ3) is 3.74. The quantitative estimate of drug-likeness (QED) is 0.705. The second-order valence-corrected chi connectivity index (χ2v) is 2.96. The lowest BCUT2D eigenvalue weighted by Crippen LogP contribution is -2.15. The van der Waals surface area contributed by atoms with Crippen molar-refractivity contribution >= 4 is 5.78 Å². The highest BCUT2D eigenvalue weighted by atomic mass is 16.5. The number of Topliss-reactive ketones (excluding diaryl/α,β-unsaturated/α-hetero) is 1. The highest BCUT2D eigenvalue weighted by molar-refractivity contribution is 5.76. The Hall–Kier alpha value is -1.31. The van der Waals surface area contributed by atoms with Crippen LogP contribution in [0.25, 0.3) is 0 Å². The Kier molecular flexibility index (Phi) is 3.50. The molecule has 0 fully saturated rings. The van der Waals surface area contributed by atoms with Crippen molar-refractivity contribution in [2.45, 2.75) is 19.4 Å². The zero-order valence-electron chi connectivity index (χ0n) is 7.69. The number of hydrogen-bond donors (Lipinski definition) is 0. The van der Waals surface area contributed by atoms with Crippen molar-refractivity contribution < 1.29 is 9.53 Å². The average molecular weight is 177 g/mol. The van der Waals surface area contributed by atoms with E-state index in [1.165, 1.54) is 6.92 Å². The molecule has 1 unspecified atom stereocenters. The zero-order chi connectivity index (χ0) is 9.68. The lowest BCUT2D eigenvalue weighted by atomic mass is 10.2. The van der Waals surface area contributed by atoms with Gasteiger partial charge in [-0.1, -0.05) is 18.2 Å². The first-order valence-electron chi connectivity index (χ1n) is 4.22. The Balaban J connectivity index is 2.45. The number of hydrogen-bond acceptors (Lipinski definition) is 2. The van der Waals surface area contributed by atoms with Crippen LogP contribution in [-0.4, -0.2) is 11.9 Å². The molecule has 69 valence electrons. The van der Waals surface area contributed by atoms with Gasteiger partial charge in [0.15, 0.2) is 0 Å². The van der Waals surface area contributed by atoms with Gasteiger partial charge in [-0.05, 0) is 26.0 Å². The maximum atomic E-state index is 10.7. The van der Waals surface area contributed by atoms with Gasteiger partial charge in [0.1, 0.15) is 17.6 Å². The second-order valence-electron chi connectivity index (χ2n) is 2.96. The minimum Gasteiger partial charge on any atom is -0.490 e. The molecule has 0 N–H and O–H groups in total. The summed E-state index contributed by atoms with van der Waals surface area (Å²) in [6.07, 6.45) is 0.0643. The van der Waals surface area contributed by atoms with E-state index in [2.05, 4.69) is 6.92 Å². The second kappa shape index (κ2) is 4.65. The van der Waals surface area contributed by atoms with E-state index in [4.69, 9.17) is 4.74 Å². The van der Waals surface area contributed by atoms with Crippen LogP contribution in [0.4, 0.5) is 0 Å². The molecule has 1 aromatic rings. The van der Waals surface area contributed by atoms with Gasteiger partial charge in [0, 0.05) is 6.42 Å². The van der Waals surface area contributed by atoms with Gasteiger partial charge in [0.05, 0.1) is 0 Å². The predicted octanol–water partition coefficient (Wildman–Crippen LogP) is 2.25. The lowest BCUT2D eigenvalue weighted by molar-refractivity contribution is -0.118. The number of ketones is 1.